The first kappa shape index (κ1) is 21.1. The third kappa shape index (κ3) is 4.49. The van der Waals surface area contributed by atoms with Crippen LogP contribution in [0.25, 0.3) is 11.0 Å². The second-order valence-corrected chi connectivity index (χ2v) is 9.09. The smallest absolute Gasteiger partial charge is 0.323 e. The summed E-state index contributed by atoms with van der Waals surface area (Å²) < 4.78 is 34.2. The van der Waals surface area contributed by atoms with Crippen molar-refractivity contribution in [3.63, 3.8) is 0 Å². The lowest BCUT2D eigenvalue weighted by molar-refractivity contribution is 0.00728. The number of ether oxygens (including phenoxy) is 1. The van der Waals surface area contributed by atoms with Gasteiger partial charge in [0, 0.05) is 19.7 Å². The van der Waals surface area contributed by atoms with Gasteiger partial charge in [0.15, 0.2) is 0 Å². The number of likely N-dealkylation sites (tertiary alicyclic amines) is 1. The summed E-state index contributed by atoms with van der Waals surface area (Å²) in [4.78, 5) is 31.4. The van der Waals surface area contributed by atoms with Gasteiger partial charge in [-0.1, -0.05) is 12.1 Å². The molecule has 1 aliphatic rings. The SMILES string of the molecule is CCOC1CCCN(C(=O)c2ccccc2NS(=O)(=O)c2ccc3[nH]c(=O)[nH]c3c2)C1. The van der Waals surface area contributed by atoms with E-state index in [-0.39, 0.29) is 28.2 Å². The van der Waals surface area contributed by atoms with Gasteiger partial charge in [-0.2, -0.15) is 0 Å². The van der Waals surface area contributed by atoms with Crippen molar-refractivity contribution in [3.05, 3.63) is 58.5 Å². The number of rotatable bonds is 6. The Hall–Kier alpha value is -3.11. The summed E-state index contributed by atoms with van der Waals surface area (Å²) >= 11 is 0. The summed E-state index contributed by atoms with van der Waals surface area (Å²) in [5.41, 5.74) is 0.953. The van der Waals surface area contributed by atoms with Crippen LogP contribution in [0.2, 0.25) is 0 Å². The zero-order valence-corrected chi connectivity index (χ0v) is 17.9. The predicted molar refractivity (Wildman–Crippen MR) is 117 cm³/mol. The molecule has 0 bridgehead atoms. The number of aromatic nitrogens is 2. The molecule has 1 atom stereocenters. The van der Waals surface area contributed by atoms with E-state index in [1.165, 1.54) is 18.2 Å². The molecule has 0 radical (unpaired) electrons. The van der Waals surface area contributed by atoms with Crippen molar-refractivity contribution in [1.82, 2.24) is 14.9 Å². The van der Waals surface area contributed by atoms with Crippen molar-refractivity contribution in [2.45, 2.75) is 30.8 Å². The minimum atomic E-state index is -3.98. The van der Waals surface area contributed by atoms with Crippen LogP contribution in [0.4, 0.5) is 5.69 Å². The van der Waals surface area contributed by atoms with E-state index >= 15 is 0 Å². The van der Waals surface area contributed by atoms with Crippen LogP contribution in [0.5, 0.6) is 0 Å². The molecule has 2 heterocycles. The number of hydrogen-bond acceptors (Lipinski definition) is 5. The van der Waals surface area contributed by atoms with E-state index in [0.29, 0.717) is 30.7 Å². The molecule has 10 heteroatoms. The van der Waals surface area contributed by atoms with Crippen LogP contribution < -0.4 is 10.4 Å². The third-order valence-corrected chi connectivity index (χ3v) is 6.63. The second kappa shape index (κ2) is 8.56. The molecular weight excluding hydrogens is 420 g/mol. The topological polar surface area (TPSA) is 124 Å². The summed E-state index contributed by atoms with van der Waals surface area (Å²) in [5, 5.41) is 0. The Bertz CT molecular complexity index is 1260. The maximum absolute atomic E-state index is 13.2. The van der Waals surface area contributed by atoms with Gasteiger partial charge in [0.25, 0.3) is 15.9 Å². The zero-order valence-electron chi connectivity index (χ0n) is 17.1. The molecule has 0 aliphatic carbocycles. The molecule has 2 aromatic carbocycles. The highest BCUT2D eigenvalue weighted by Crippen LogP contribution is 2.24. The molecule has 1 unspecified atom stereocenters. The van der Waals surface area contributed by atoms with Crippen LogP contribution in [0.3, 0.4) is 0 Å². The molecule has 164 valence electrons. The quantitative estimate of drug-likeness (QED) is 0.538. The molecule has 0 saturated carbocycles. The lowest BCUT2D eigenvalue weighted by Gasteiger charge is -2.33. The Morgan fingerprint density at radius 2 is 1.97 bits per heavy atom. The maximum Gasteiger partial charge on any atom is 0.323 e. The molecule has 1 fully saturated rings. The minimum Gasteiger partial charge on any atom is -0.377 e. The van der Waals surface area contributed by atoms with Crippen molar-refractivity contribution in [2.24, 2.45) is 0 Å². The van der Waals surface area contributed by atoms with Gasteiger partial charge in [-0.25, -0.2) is 13.2 Å². The van der Waals surface area contributed by atoms with E-state index in [1.807, 2.05) is 6.92 Å². The molecule has 3 aromatic rings. The fourth-order valence-electron chi connectivity index (χ4n) is 3.81. The minimum absolute atomic E-state index is 0.0122. The summed E-state index contributed by atoms with van der Waals surface area (Å²) in [6.45, 7) is 3.58. The highest BCUT2D eigenvalue weighted by molar-refractivity contribution is 7.92. The number of H-pyrrole nitrogens is 2. The summed E-state index contributed by atoms with van der Waals surface area (Å²) in [6.07, 6.45) is 1.72. The predicted octanol–water partition coefficient (Wildman–Crippen LogP) is 2.30. The number of hydrogen-bond donors (Lipinski definition) is 3. The van der Waals surface area contributed by atoms with E-state index in [9.17, 15) is 18.0 Å². The Kier molecular flexibility index (Phi) is 5.84. The molecule has 1 aromatic heterocycles. The molecule has 9 nitrogen and oxygen atoms in total. The maximum atomic E-state index is 13.2. The van der Waals surface area contributed by atoms with Crippen LogP contribution in [-0.2, 0) is 14.8 Å². The average molecular weight is 445 g/mol. The van der Waals surface area contributed by atoms with E-state index in [0.717, 1.165) is 12.8 Å². The monoisotopic (exact) mass is 444 g/mol. The van der Waals surface area contributed by atoms with Crippen molar-refractivity contribution in [1.29, 1.82) is 0 Å². The van der Waals surface area contributed by atoms with Crippen LogP contribution in [-0.4, -0.2) is 55.0 Å². The fourth-order valence-corrected chi connectivity index (χ4v) is 4.91. The van der Waals surface area contributed by atoms with E-state index in [1.54, 1.807) is 29.2 Å². The number of nitrogens with one attached hydrogen (secondary N) is 3. The lowest BCUT2D eigenvalue weighted by Crippen LogP contribution is -2.43. The Morgan fingerprint density at radius 3 is 2.77 bits per heavy atom. The number of amides is 1. The molecule has 31 heavy (non-hydrogen) atoms. The molecule has 3 N–H and O–H groups in total. The summed E-state index contributed by atoms with van der Waals surface area (Å²) in [7, 11) is -3.98. The number of carbonyl (C=O) groups is 1. The van der Waals surface area contributed by atoms with Gasteiger partial charge in [-0.05, 0) is 50.1 Å². The van der Waals surface area contributed by atoms with Gasteiger partial charge in [-0.15, -0.1) is 0 Å². The fraction of sp³-hybridized carbons (Fsp3) is 0.333. The Morgan fingerprint density at radius 1 is 1.19 bits per heavy atom. The number of aromatic amines is 2. The standard InChI is InChI=1S/C21H24N4O5S/c1-2-30-14-6-5-11-25(13-14)20(26)16-7-3-4-8-17(16)24-31(28,29)15-9-10-18-19(12-15)23-21(27)22-18/h3-4,7-10,12,14,24H,2,5-6,11,13H2,1H3,(H2,22,23,27). The first-order valence-corrected chi connectivity index (χ1v) is 11.6. The molecule has 1 saturated heterocycles. The number of imidazole rings is 1. The third-order valence-electron chi connectivity index (χ3n) is 5.27. The first-order chi connectivity index (χ1) is 14.9. The van der Waals surface area contributed by atoms with Gasteiger partial charge in [0.2, 0.25) is 0 Å². The van der Waals surface area contributed by atoms with E-state index in [4.69, 9.17) is 4.74 Å². The number of nitrogens with zero attached hydrogens (tertiary/aromatic N) is 1. The normalized spacial score (nSPS) is 17.1. The number of fused-ring (bicyclic) bond motifs is 1. The van der Waals surface area contributed by atoms with Crippen molar-refractivity contribution >= 4 is 32.7 Å². The average Bonchev–Trinajstić information content (AvgIpc) is 3.13. The second-order valence-electron chi connectivity index (χ2n) is 7.41. The number of piperidine rings is 1. The van der Waals surface area contributed by atoms with Crippen LogP contribution in [0, 0.1) is 0 Å². The van der Waals surface area contributed by atoms with Crippen molar-refractivity contribution in [2.75, 3.05) is 24.4 Å². The first-order valence-electron chi connectivity index (χ1n) is 10.1. The number of anilines is 1. The Labute approximate surface area is 179 Å². The molecule has 0 spiro atoms. The molecule has 1 amide bonds. The highest BCUT2D eigenvalue weighted by Gasteiger charge is 2.27. The van der Waals surface area contributed by atoms with Gasteiger partial charge in [0.05, 0.1) is 33.3 Å². The van der Waals surface area contributed by atoms with Gasteiger partial charge in [-0.3, -0.25) is 9.52 Å². The van der Waals surface area contributed by atoms with Crippen LogP contribution >= 0.6 is 0 Å². The van der Waals surface area contributed by atoms with Crippen LogP contribution in [0.1, 0.15) is 30.1 Å². The van der Waals surface area contributed by atoms with Gasteiger partial charge in [0.1, 0.15) is 0 Å². The highest BCUT2D eigenvalue weighted by atomic mass is 32.2. The van der Waals surface area contributed by atoms with Gasteiger partial charge >= 0.3 is 5.69 Å². The molecule has 4 rings (SSSR count). The van der Waals surface area contributed by atoms with E-state index in [2.05, 4.69) is 14.7 Å². The van der Waals surface area contributed by atoms with E-state index < -0.39 is 15.7 Å². The summed E-state index contributed by atoms with van der Waals surface area (Å²) in [5.74, 6) is -0.242. The lowest BCUT2D eigenvalue weighted by atomic mass is 10.1. The number of benzene rings is 2. The number of para-hydroxylation sites is 1. The van der Waals surface area contributed by atoms with Crippen LogP contribution in [0.15, 0.2) is 52.2 Å². The van der Waals surface area contributed by atoms with Crippen molar-refractivity contribution < 1.29 is 17.9 Å². The van der Waals surface area contributed by atoms with Crippen molar-refractivity contribution in [3.8, 4) is 0 Å². The number of sulfonamides is 1. The molecular formula is C21H24N4O5S. The van der Waals surface area contributed by atoms with Gasteiger partial charge < -0.3 is 19.6 Å². The molecule has 1 aliphatic heterocycles. The Balaban J connectivity index is 1.60. The largest absolute Gasteiger partial charge is 0.377 e. The summed E-state index contributed by atoms with van der Waals surface area (Å²) in [6, 6.07) is 10.8. The zero-order chi connectivity index (χ0) is 22.0. The number of carbonyl (C=O) groups excluding carboxylic acids is 1.